The molecule has 11 nitrogen and oxygen atoms in total. The second-order valence-electron chi connectivity index (χ2n) is 9.16. The second kappa shape index (κ2) is 21.0. The average Bonchev–Trinajstić information content (AvgIpc) is 2.90. The van der Waals surface area contributed by atoms with E-state index in [9.17, 15) is 24.0 Å². The van der Waals surface area contributed by atoms with Crippen molar-refractivity contribution in [3.8, 4) is 0 Å². The zero-order chi connectivity index (χ0) is 28.9. The lowest BCUT2D eigenvalue weighted by molar-refractivity contribution is -0.139. The van der Waals surface area contributed by atoms with Crippen molar-refractivity contribution in [3.63, 3.8) is 0 Å². The van der Waals surface area contributed by atoms with Crippen molar-refractivity contribution < 1.29 is 29.1 Å². The first-order valence-electron chi connectivity index (χ1n) is 13.6. The first-order chi connectivity index (χ1) is 18.7. The van der Waals surface area contributed by atoms with Gasteiger partial charge in [0.15, 0.2) is 0 Å². The van der Waals surface area contributed by atoms with Crippen molar-refractivity contribution in [1.29, 1.82) is 0 Å². The topological polar surface area (TPSA) is 166 Å². The van der Waals surface area contributed by atoms with E-state index in [0.717, 1.165) is 35.7 Å². The number of unbranched alkanes of at least 4 members (excludes halogenated alkanes) is 4. The van der Waals surface area contributed by atoms with Gasteiger partial charge in [-0.25, -0.2) is 9.59 Å². The number of urea groups is 1. The first kappa shape index (κ1) is 34.1. The normalized spacial score (nSPS) is 11.2. The molecule has 1 aromatic rings. The zero-order valence-corrected chi connectivity index (χ0v) is 24.8. The summed E-state index contributed by atoms with van der Waals surface area (Å²) in [6.45, 7) is 3.88. The van der Waals surface area contributed by atoms with Gasteiger partial charge in [0.05, 0.1) is 0 Å². The molecule has 0 aliphatic heterocycles. The maximum Gasteiger partial charge on any atom is 0.326 e. The summed E-state index contributed by atoms with van der Waals surface area (Å²) in [6.07, 6.45) is 6.01. The van der Waals surface area contributed by atoms with Gasteiger partial charge >= 0.3 is 12.0 Å². The lowest BCUT2D eigenvalue weighted by Gasteiger charge is -2.14. The van der Waals surface area contributed by atoms with Gasteiger partial charge in [-0.2, -0.15) is 0 Å². The molecule has 0 radical (unpaired) electrons. The number of carbonyl (C=O) groups is 5. The van der Waals surface area contributed by atoms with Crippen LogP contribution in [0.2, 0.25) is 0 Å². The molecule has 5 amide bonds. The Kier molecular flexibility index (Phi) is 18.4. The number of amides is 5. The van der Waals surface area contributed by atoms with Crippen molar-refractivity contribution >= 4 is 52.3 Å². The molecule has 0 unspecified atom stereocenters. The monoisotopic (exact) mass is 663 g/mol. The Labute approximate surface area is 244 Å². The summed E-state index contributed by atoms with van der Waals surface area (Å²) in [7, 11) is 0. The van der Waals surface area contributed by atoms with E-state index in [2.05, 4.69) is 49.2 Å². The minimum atomic E-state index is -1.05. The Bertz CT molecular complexity index is 912. The van der Waals surface area contributed by atoms with Crippen LogP contribution in [-0.4, -0.2) is 67.0 Å². The summed E-state index contributed by atoms with van der Waals surface area (Å²) < 4.78 is 1.08. The number of benzene rings is 1. The van der Waals surface area contributed by atoms with E-state index in [4.69, 9.17) is 5.11 Å². The highest BCUT2D eigenvalue weighted by atomic mass is 131. The van der Waals surface area contributed by atoms with Gasteiger partial charge in [0.25, 0.3) is 5.91 Å². The average molecular weight is 664 g/mol. The lowest BCUT2D eigenvalue weighted by Crippen LogP contribution is -2.46. The van der Waals surface area contributed by atoms with Gasteiger partial charge in [-0.15, -0.1) is 0 Å². The van der Waals surface area contributed by atoms with Gasteiger partial charge in [-0.05, 0) is 91.8 Å². The highest BCUT2D eigenvalue weighted by Crippen LogP contribution is 2.06. The SMILES string of the molecule is CCC[C@H](NC(=O)NCCCCCNC(=O)CCC(=O)NCCCCCNC(=O)c1ccc([131I])cc1)C(=O)O. The highest BCUT2D eigenvalue weighted by molar-refractivity contribution is 14.1. The van der Waals surface area contributed by atoms with Crippen LogP contribution < -0.4 is 26.6 Å². The van der Waals surface area contributed by atoms with Crippen LogP contribution in [0.25, 0.3) is 0 Å². The maximum absolute atomic E-state index is 12.0. The number of nitrogens with one attached hydrogen (secondary N) is 5. The fourth-order valence-corrected chi connectivity index (χ4v) is 3.94. The zero-order valence-electron chi connectivity index (χ0n) is 22.7. The molecule has 0 aliphatic carbocycles. The van der Waals surface area contributed by atoms with Crippen molar-refractivity contribution in [2.75, 3.05) is 26.2 Å². The lowest BCUT2D eigenvalue weighted by atomic mass is 10.2. The Balaban J connectivity index is 1.95. The number of carboxylic acid groups (broad SMARTS) is 1. The van der Waals surface area contributed by atoms with Crippen molar-refractivity contribution in [1.82, 2.24) is 26.6 Å². The molecule has 1 aromatic carbocycles. The Morgan fingerprint density at radius 2 is 1.23 bits per heavy atom. The van der Waals surface area contributed by atoms with Gasteiger partial charge in [-0.1, -0.05) is 13.3 Å². The predicted molar refractivity (Wildman–Crippen MR) is 157 cm³/mol. The van der Waals surface area contributed by atoms with Crippen molar-refractivity contribution in [2.24, 2.45) is 0 Å². The third-order valence-corrected chi connectivity index (χ3v) is 6.51. The van der Waals surface area contributed by atoms with E-state index in [1.807, 2.05) is 19.1 Å². The molecule has 12 heteroatoms. The molecule has 0 saturated heterocycles. The molecule has 0 saturated carbocycles. The standard InChI is InChI=1S/C27H42IN5O6/c1-2-9-22(26(37)38)33-27(39)32-19-8-4-6-17-30-24(35)15-14-23(34)29-16-5-3-7-18-31-25(36)20-10-12-21(28)13-11-20/h10-13,22H,2-9,14-19H2,1H3,(H,29,34)(H,30,35)(H,31,36)(H,37,38)(H2,32,33,39)/t22-/m0/s1/i28+4. The third kappa shape index (κ3) is 17.3. The van der Waals surface area contributed by atoms with Crippen molar-refractivity contribution in [3.05, 3.63) is 33.4 Å². The maximum atomic E-state index is 12.0. The molecule has 39 heavy (non-hydrogen) atoms. The van der Waals surface area contributed by atoms with E-state index in [1.54, 1.807) is 12.1 Å². The third-order valence-electron chi connectivity index (χ3n) is 5.79. The number of halogens is 1. The summed E-state index contributed by atoms with van der Waals surface area (Å²) in [5.41, 5.74) is 0.640. The Hall–Kier alpha value is -2.90. The number of aliphatic carboxylic acids is 1. The van der Waals surface area contributed by atoms with Gasteiger partial charge in [0.2, 0.25) is 11.8 Å². The quantitative estimate of drug-likeness (QED) is 0.0928. The fourth-order valence-electron chi connectivity index (χ4n) is 3.58. The summed E-state index contributed by atoms with van der Waals surface area (Å²) >= 11 is 2.19. The molecule has 0 heterocycles. The molecule has 1 atom stereocenters. The van der Waals surface area contributed by atoms with E-state index >= 15 is 0 Å². The highest BCUT2D eigenvalue weighted by Gasteiger charge is 2.18. The molecule has 1 rings (SSSR count). The van der Waals surface area contributed by atoms with E-state index in [0.29, 0.717) is 51.0 Å². The fraction of sp³-hybridized carbons (Fsp3) is 0.593. The molecular weight excluding hydrogens is 621 g/mol. The molecule has 0 spiro atoms. The van der Waals surface area contributed by atoms with Gasteiger partial charge in [0.1, 0.15) is 6.04 Å². The molecule has 0 fully saturated rings. The van der Waals surface area contributed by atoms with Crippen LogP contribution in [0.3, 0.4) is 0 Å². The Morgan fingerprint density at radius 3 is 1.72 bits per heavy atom. The van der Waals surface area contributed by atoms with Crippen LogP contribution >= 0.6 is 22.6 Å². The smallest absolute Gasteiger partial charge is 0.326 e. The first-order valence-corrected chi connectivity index (χ1v) is 14.6. The molecule has 0 aromatic heterocycles. The van der Waals surface area contributed by atoms with Crippen molar-refractivity contribution in [2.45, 2.75) is 77.2 Å². The van der Waals surface area contributed by atoms with Gasteiger partial charge in [0, 0.05) is 48.2 Å². The minimum absolute atomic E-state index is 0.0885. The molecule has 218 valence electrons. The van der Waals surface area contributed by atoms with Gasteiger partial charge in [-0.3, -0.25) is 14.4 Å². The largest absolute Gasteiger partial charge is 0.480 e. The van der Waals surface area contributed by atoms with E-state index in [-0.39, 0.29) is 30.6 Å². The van der Waals surface area contributed by atoms with Gasteiger partial charge < -0.3 is 31.7 Å². The van der Waals surface area contributed by atoms with Crippen LogP contribution in [0.5, 0.6) is 0 Å². The minimum Gasteiger partial charge on any atom is -0.480 e. The summed E-state index contributed by atoms with van der Waals surface area (Å²) in [5.74, 6) is -1.48. The number of hydrogen-bond acceptors (Lipinski definition) is 5. The number of hydrogen-bond donors (Lipinski definition) is 6. The number of rotatable bonds is 20. The summed E-state index contributed by atoms with van der Waals surface area (Å²) in [6, 6.07) is 6.00. The van der Waals surface area contributed by atoms with Crippen LogP contribution in [0.1, 0.15) is 81.5 Å². The predicted octanol–water partition coefficient (Wildman–Crippen LogP) is 2.93. The summed E-state index contributed by atoms with van der Waals surface area (Å²) in [5, 5.41) is 22.6. The Morgan fingerprint density at radius 1 is 0.744 bits per heavy atom. The second-order valence-corrected chi connectivity index (χ2v) is 10.4. The molecule has 0 aliphatic rings. The molecule has 0 bridgehead atoms. The van der Waals surface area contributed by atoms with Crippen LogP contribution in [0.15, 0.2) is 24.3 Å². The van der Waals surface area contributed by atoms with E-state index < -0.39 is 18.0 Å². The van der Waals surface area contributed by atoms with Crippen LogP contribution in [0, 0.1) is 3.57 Å². The number of carboxylic acids is 1. The molecular formula is C27H42IN5O6. The van der Waals surface area contributed by atoms with Crippen LogP contribution in [-0.2, 0) is 14.4 Å². The van der Waals surface area contributed by atoms with Crippen LogP contribution in [0.4, 0.5) is 4.79 Å². The molecule has 6 N–H and O–H groups in total. The summed E-state index contributed by atoms with van der Waals surface area (Å²) in [4.78, 5) is 58.7. The van der Waals surface area contributed by atoms with E-state index in [1.165, 1.54) is 0 Å². The number of carbonyl (C=O) groups excluding carboxylic acids is 4.